The number of urea groups is 1. The number of amides is 2. The second-order valence-corrected chi connectivity index (χ2v) is 4.36. The van der Waals surface area contributed by atoms with Crippen molar-refractivity contribution in [2.45, 2.75) is 12.5 Å². The van der Waals surface area contributed by atoms with E-state index in [0.29, 0.717) is 17.8 Å². The number of carbonyl (C=O) groups is 2. The predicted molar refractivity (Wildman–Crippen MR) is 71.7 cm³/mol. The van der Waals surface area contributed by atoms with Gasteiger partial charge in [0.1, 0.15) is 0 Å². The fourth-order valence-corrected chi connectivity index (χ4v) is 1.93. The summed E-state index contributed by atoms with van der Waals surface area (Å²) in [5, 5.41) is 14.1. The molecule has 5 N–H and O–H groups in total. The molecule has 100 valence electrons. The van der Waals surface area contributed by atoms with E-state index < -0.39 is 17.9 Å². The van der Waals surface area contributed by atoms with Crippen LogP contribution in [0.1, 0.15) is 6.42 Å². The van der Waals surface area contributed by atoms with Crippen LogP contribution in [-0.2, 0) is 4.79 Å². The summed E-state index contributed by atoms with van der Waals surface area (Å²) in [7, 11) is 0. The molecule has 0 heterocycles. The lowest BCUT2D eigenvalue weighted by Crippen LogP contribution is -2.36. The number of benzene rings is 1. The lowest BCUT2D eigenvalue weighted by Gasteiger charge is -2.14. The summed E-state index contributed by atoms with van der Waals surface area (Å²) in [6, 6.07) is 6.24. The van der Waals surface area contributed by atoms with E-state index in [1.807, 2.05) is 0 Å². The number of nitrogens with two attached hydrogens (primary N) is 1. The van der Waals surface area contributed by atoms with Crippen molar-refractivity contribution in [3.8, 4) is 0 Å². The first-order valence-electron chi connectivity index (χ1n) is 5.89. The number of carbonyl (C=O) groups excluding carboxylic acids is 1. The number of para-hydroxylation sites is 2. The smallest absolute Gasteiger partial charge is 0.319 e. The van der Waals surface area contributed by atoms with Crippen LogP contribution in [0.2, 0.25) is 0 Å². The van der Waals surface area contributed by atoms with Crippen LogP contribution in [0.5, 0.6) is 0 Å². The molecule has 0 spiro atoms. The molecule has 0 fully saturated rings. The van der Waals surface area contributed by atoms with Gasteiger partial charge in [-0.2, -0.15) is 0 Å². The fourth-order valence-electron chi connectivity index (χ4n) is 1.93. The molecule has 19 heavy (non-hydrogen) atoms. The highest BCUT2D eigenvalue weighted by atomic mass is 16.4. The fraction of sp³-hybridized carbons (Fsp3) is 0.231. The van der Waals surface area contributed by atoms with Crippen molar-refractivity contribution in [3.63, 3.8) is 0 Å². The van der Waals surface area contributed by atoms with E-state index in [1.165, 1.54) is 0 Å². The van der Waals surface area contributed by atoms with Crippen LogP contribution in [0.25, 0.3) is 0 Å². The molecule has 1 aliphatic rings. The van der Waals surface area contributed by atoms with Gasteiger partial charge < -0.3 is 21.5 Å². The average Bonchev–Trinajstić information content (AvgIpc) is 2.80. The summed E-state index contributed by atoms with van der Waals surface area (Å²) in [5.74, 6) is -1.42. The SMILES string of the molecule is Nc1ccccc1NC(=O)NC1C=CC(C(=O)O)C1. The summed E-state index contributed by atoms with van der Waals surface area (Å²) in [5.41, 5.74) is 6.70. The lowest BCUT2D eigenvalue weighted by atomic mass is 10.1. The molecule has 0 aliphatic heterocycles. The van der Waals surface area contributed by atoms with Crippen LogP contribution in [0.3, 0.4) is 0 Å². The van der Waals surface area contributed by atoms with Gasteiger partial charge >= 0.3 is 12.0 Å². The Morgan fingerprint density at radius 3 is 2.63 bits per heavy atom. The van der Waals surface area contributed by atoms with E-state index in [9.17, 15) is 9.59 Å². The minimum Gasteiger partial charge on any atom is -0.481 e. The number of anilines is 2. The van der Waals surface area contributed by atoms with Crippen molar-refractivity contribution < 1.29 is 14.7 Å². The van der Waals surface area contributed by atoms with Gasteiger partial charge in [-0.1, -0.05) is 24.3 Å². The molecule has 0 saturated carbocycles. The van der Waals surface area contributed by atoms with Crippen LogP contribution in [0, 0.1) is 5.92 Å². The van der Waals surface area contributed by atoms with Gasteiger partial charge in [-0.05, 0) is 18.6 Å². The first kappa shape index (κ1) is 12.9. The van der Waals surface area contributed by atoms with Gasteiger partial charge in [0.2, 0.25) is 0 Å². The third-order valence-corrected chi connectivity index (χ3v) is 2.93. The second-order valence-electron chi connectivity index (χ2n) is 4.36. The summed E-state index contributed by atoms with van der Waals surface area (Å²) in [6.45, 7) is 0. The number of aliphatic carboxylic acids is 1. The molecule has 2 amide bonds. The van der Waals surface area contributed by atoms with Crippen molar-refractivity contribution in [1.82, 2.24) is 5.32 Å². The van der Waals surface area contributed by atoms with E-state index >= 15 is 0 Å². The summed E-state index contributed by atoms with van der Waals surface area (Å²) < 4.78 is 0. The second kappa shape index (κ2) is 5.43. The number of hydrogen-bond acceptors (Lipinski definition) is 3. The number of carboxylic acids is 1. The zero-order valence-corrected chi connectivity index (χ0v) is 10.2. The number of nitrogens with one attached hydrogen (secondary N) is 2. The van der Waals surface area contributed by atoms with E-state index in [1.54, 1.807) is 36.4 Å². The Balaban J connectivity index is 1.88. The van der Waals surface area contributed by atoms with Crippen molar-refractivity contribution in [2.75, 3.05) is 11.1 Å². The molecule has 1 aromatic carbocycles. The molecule has 1 aliphatic carbocycles. The van der Waals surface area contributed by atoms with Gasteiger partial charge in [0.05, 0.1) is 23.3 Å². The summed E-state index contributed by atoms with van der Waals surface area (Å²) in [6.07, 6.45) is 3.64. The van der Waals surface area contributed by atoms with E-state index in [2.05, 4.69) is 10.6 Å². The molecular weight excluding hydrogens is 246 g/mol. The van der Waals surface area contributed by atoms with Gasteiger partial charge in [-0.25, -0.2) is 4.79 Å². The standard InChI is InChI=1S/C13H15N3O3/c14-10-3-1-2-4-11(10)16-13(19)15-9-6-5-8(7-9)12(17)18/h1-6,8-9H,7,14H2,(H,17,18)(H2,15,16,19). The van der Waals surface area contributed by atoms with E-state index in [4.69, 9.17) is 10.8 Å². The van der Waals surface area contributed by atoms with Crippen molar-refractivity contribution in [1.29, 1.82) is 0 Å². The van der Waals surface area contributed by atoms with Crippen LogP contribution in [0.4, 0.5) is 16.2 Å². The third kappa shape index (κ3) is 3.25. The zero-order valence-electron chi connectivity index (χ0n) is 10.2. The van der Waals surface area contributed by atoms with Gasteiger partial charge in [0.25, 0.3) is 0 Å². The monoisotopic (exact) mass is 261 g/mol. The average molecular weight is 261 g/mol. The van der Waals surface area contributed by atoms with Crippen molar-refractivity contribution in [3.05, 3.63) is 36.4 Å². The third-order valence-electron chi connectivity index (χ3n) is 2.93. The largest absolute Gasteiger partial charge is 0.481 e. The molecule has 0 saturated heterocycles. The number of carboxylic acid groups (broad SMARTS) is 1. The molecule has 2 unspecified atom stereocenters. The molecule has 2 rings (SSSR count). The molecule has 0 bridgehead atoms. The Bertz CT molecular complexity index is 528. The first-order valence-corrected chi connectivity index (χ1v) is 5.89. The Morgan fingerprint density at radius 2 is 2.00 bits per heavy atom. The van der Waals surface area contributed by atoms with Gasteiger partial charge in [0, 0.05) is 0 Å². The van der Waals surface area contributed by atoms with E-state index in [-0.39, 0.29) is 6.04 Å². The van der Waals surface area contributed by atoms with Crippen molar-refractivity contribution >= 4 is 23.4 Å². The van der Waals surface area contributed by atoms with E-state index in [0.717, 1.165) is 0 Å². The van der Waals surface area contributed by atoms with Crippen LogP contribution < -0.4 is 16.4 Å². The number of hydrogen-bond donors (Lipinski definition) is 4. The maximum atomic E-state index is 11.7. The highest BCUT2D eigenvalue weighted by molar-refractivity contribution is 5.92. The van der Waals surface area contributed by atoms with Gasteiger partial charge in [-0.3, -0.25) is 4.79 Å². The number of nitrogen functional groups attached to an aromatic ring is 1. The van der Waals surface area contributed by atoms with Crippen LogP contribution >= 0.6 is 0 Å². The predicted octanol–water partition coefficient (Wildman–Crippen LogP) is 1.42. The van der Waals surface area contributed by atoms with Crippen LogP contribution in [-0.4, -0.2) is 23.1 Å². The molecule has 0 radical (unpaired) electrons. The molecule has 6 nitrogen and oxygen atoms in total. The molecular formula is C13H15N3O3. The van der Waals surface area contributed by atoms with Crippen LogP contribution in [0.15, 0.2) is 36.4 Å². The lowest BCUT2D eigenvalue weighted by molar-refractivity contribution is -0.140. The molecule has 1 aromatic rings. The highest BCUT2D eigenvalue weighted by Gasteiger charge is 2.25. The topological polar surface area (TPSA) is 104 Å². The minimum absolute atomic E-state index is 0.272. The molecule has 6 heteroatoms. The Labute approximate surface area is 110 Å². The molecule has 2 atom stereocenters. The quantitative estimate of drug-likeness (QED) is 0.488. The van der Waals surface area contributed by atoms with Gasteiger partial charge in [-0.15, -0.1) is 0 Å². The Kier molecular flexibility index (Phi) is 3.70. The Morgan fingerprint density at radius 1 is 1.26 bits per heavy atom. The first-order chi connectivity index (χ1) is 9.06. The van der Waals surface area contributed by atoms with Crippen molar-refractivity contribution in [2.24, 2.45) is 5.92 Å². The van der Waals surface area contributed by atoms with Gasteiger partial charge in [0.15, 0.2) is 0 Å². The normalized spacial score (nSPS) is 21.1. The zero-order chi connectivity index (χ0) is 13.8. The molecule has 0 aromatic heterocycles. The highest BCUT2D eigenvalue weighted by Crippen LogP contribution is 2.19. The Hall–Kier alpha value is -2.50. The minimum atomic E-state index is -0.881. The number of rotatable bonds is 3. The maximum absolute atomic E-state index is 11.7. The maximum Gasteiger partial charge on any atom is 0.319 e. The summed E-state index contributed by atoms with van der Waals surface area (Å²) >= 11 is 0. The summed E-state index contributed by atoms with van der Waals surface area (Å²) in [4.78, 5) is 22.5.